The quantitative estimate of drug-likeness (QED) is 0.657. The van der Waals surface area contributed by atoms with Crippen LogP contribution in [0, 0.1) is 0 Å². The van der Waals surface area contributed by atoms with Crippen LogP contribution in [0.1, 0.15) is 10.8 Å². The molecule has 146 valence electrons. The van der Waals surface area contributed by atoms with Crippen molar-refractivity contribution in [3.05, 3.63) is 90.5 Å². The van der Waals surface area contributed by atoms with E-state index in [-0.39, 0.29) is 12.5 Å². The van der Waals surface area contributed by atoms with E-state index >= 15 is 0 Å². The molecule has 2 amide bonds. The number of hydrogen-bond donors (Lipinski definition) is 1. The van der Waals surface area contributed by atoms with E-state index in [1.165, 1.54) is 11.8 Å². The molecule has 1 aliphatic heterocycles. The van der Waals surface area contributed by atoms with Gasteiger partial charge in [-0.05, 0) is 29.8 Å². The van der Waals surface area contributed by atoms with Crippen molar-refractivity contribution < 1.29 is 14.3 Å². The number of anilines is 1. The van der Waals surface area contributed by atoms with Gasteiger partial charge in [-0.2, -0.15) is 0 Å². The van der Waals surface area contributed by atoms with Gasteiger partial charge in [-0.25, -0.2) is 0 Å². The number of nitrogens with zero attached hydrogens (tertiary/aromatic N) is 1. The van der Waals surface area contributed by atoms with E-state index < -0.39 is 17.3 Å². The minimum Gasteiger partial charge on any atom is -0.477 e. The van der Waals surface area contributed by atoms with Crippen molar-refractivity contribution in [1.29, 1.82) is 0 Å². The molecule has 2 atom stereocenters. The highest BCUT2D eigenvalue weighted by Crippen LogP contribution is 2.40. The van der Waals surface area contributed by atoms with Gasteiger partial charge in [-0.3, -0.25) is 9.59 Å². The molecule has 6 heteroatoms. The molecule has 0 spiro atoms. The number of amides is 2. The maximum atomic E-state index is 13.7. The van der Waals surface area contributed by atoms with Gasteiger partial charge in [0.05, 0.1) is 12.2 Å². The minimum atomic E-state index is -0.882. The molecule has 0 fully saturated rings. The topological polar surface area (TPSA) is 72.6 Å². The van der Waals surface area contributed by atoms with Crippen LogP contribution >= 0.6 is 11.8 Å². The fourth-order valence-corrected chi connectivity index (χ4v) is 4.36. The van der Waals surface area contributed by atoms with Crippen molar-refractivity contribution >= 4 is 29.3 Å². The molecule has 0 radical (unpaired) electrons. The Morgan fingerprint density at radius 3 is 2.24 bits per heavy atom. The van der Waals surface area contributed by atoms with Crippen LogP contribution in [0.2, 0.25) is 0 Å². The van der Waals surface area contributed by atoms with Gasteiger partial charge in [0.25, 0.3) is 5.91 Å². The first-order chi connectivity index (χ1) is 14.1. The summed E-state index contributed by atoms with van der Waals surface area (Å²) in [5.41, 5.74) is 7.03. The summed E-state index contributed by atoms with van der Waals surface area (Å²) in [5.74, 6) is -0.233. The fraction of sp³-hybridized carbons (Fsp3) is 0.130. The first-order valence-electron chi connectivity index (χ1n) is 9.26. The van der Waals surface area contributed by atoms with Gasteiger partial charge in [0.15, 0.2) is 6.10 Å². The number of ether oxygens (including phenoxy) is 1. The predicted molar refractivity (Wildman–Crippen MR) is 114 cm³/mol. The van der Waals surface area contributed by atoms with E-state index in [9.17, 15) is 9.59 Å². The lowest BCUT2D eigenvalue weighted by molar-refractivity contribution is -0.125. The number of primary amides is 1. The highest BCUT2D eigenvalue weighted by molar-refractivity contribution is 8.00. The number of nitrogens with two attached hydrogens (primary N) is 1. The Labute approximate surface area is 173 Å². The maximum Gasteiger partial charge on any atom is 0.260 e. The number of thioether (sulfide) groups is 1. The lowest BCUT2D eigenvalue weighted by Gasteiger charge is -2.35. The zero-order chi connectivity index (χ0) is 20.2. The van der Waals surface area contributed by atoms with Gasteiger partial charge >= 0.3 is 0 Å². The Morgan fingerprint density at radius 2 is 1.55 bits per heavy atom. The van der Waals surface area contributed by atoms with Gasteiger partial charge in [0, 0.05) is 4.90 Å². The first kappa shape index (κ1) is 19.1. The van der Waals surface area contributed by atoms with E-state index in [1.54, 1.807) is 17.0 Å². The van der Waals surface area contributed by atoms with Gasteiger partial charge in [0.2, 0.25) is 5.91 Å². The molecule has 2 N–H and O–H groups in total. The molecule has 29 heavy (non-hydrogen) atoms. The highest BCUT2D eigenvalue weighted by Gasteiger charge is 2.36. The summed E-state index contributed by atoms with van der Waals surface area (Å²) in [6, 6.07) is 26.6. The molecule has 0 aliphatic carbocycles. The van der Waals surface area contributed by atoms with Crippen LogP contribution in [0.15, 0.2) is 89.8 Å². The van der Waals surface area contributed by atoms with Gasteiger partial charge in [-0.15, -0.1) is 11.8 Å². The van der Waals surface area contributed by atoms with Crippen molar-refractivity contribution in [2.45, 2.75) is 16.2 Å². The van der Waals surface area contributed by atoms with Crippen molar-refractivity contribution in [2.75, 3.05) is 11.4 Å². The normalized spacial score (nSPS) is 16.4. The third kappa shape index (κ3) is 4.12. The SMILES string of the molecule is NC(=O)[C@@H]1CN(C(=O)[C@@H](Sc2ccccc2)c2ccccc2)c2ccccc2O1. The minimum absolute atomic E-state index is 0.0872. The molecule has 4 rings (SSSR count). The predicted octanol–water partition coefficient (Wildman–Crippen LogP) is 3.80. The molecule has 1 aliphatic rings. The number of rotatable bonds is 5. The summed E-state index contributed by atoms with van der Waals surface area (Å²) >= 11 is 1.48. The Bertz CT molecular complexity index is 1010. The Hall–Kier alpha value is -3.25. The van der Waals surface area contributed by atoms with Crippen LogP contribution in [0.5, 0.6) is 5.75 Å². The average Bonchev–Trinajstić information content (AvgIpc) is 2.77. The van der Waals surface area contributed by atoms with Crippen molar-refractivity contribution in [3.8, 4) is 5.75 Å². The summed E-state index contributed by atoms with van der Waals surface area (Å²) in [5, 5.41) is -0.474. The molecule has 0 unspecified atom stereocenters. The number of fused-ring (bicyclic) bond motifs is 1. The van der Waals surface area contributed by atoms with Crippen LogP contribution in [0.4, 0.5) is 5.69 Å². The second-order valence-electron chi connectivity index (χ2n) is 6.65. The molecular weight excluding hydrogens is 384 g/mol. The van der Waals surface area contributed by atoms with Crippen LogP contribution in [0.25, 0.3) is 0 Å². The average molecular weight is 404 g/mol. The first-order valence-corrected chi connectivity index (χ1v) is 10.1. The molecular formula is C23H20N2O3S. The Balaban J connectivity index is 1.72. The number of carbonyl (C=O) groups excluding carboxylic acids is 2. The standard InChI is InChI=1S/C23H20N2O3S/c24-22(26)20-15-25(18-13-7-8-14-19(18)28-20)23(27)21(16-9-3-1-4-10-16)29-17-11-5-2-6-12-17/h1-14,20-21H,15H2,(H2,24,26)/t20-,21-/m0/s1. The molecule has 0 aromatic heterocycles. The number of benzene rings is 3. The van der Waals surface area contributed by atoms with E-state index in [4.69, 9.17) is 10.5 Å². The number of para-hydroxylation sites is 2. The smallest absolute Gasteiger partial charge is 0.260 e. The van der Waals surface area contributed by atoms with E-state index in [0.717, 1.165) is 10.5 Å². The Kier molecular flexibility index (Phi) is 5.53. The maximum absolute atomic E-state index is 13.7. The number of carbonyl (C=O) groups is 2. The van der Waals surface area contributed by atoms with Crippen LogP contribution in [-0.4, -0.2) is 24.5 Å². The van der Waals surface area contributed by atoms with E-state index in [1.807, 2.05) is 72.8 Å². The third-order valence-electron chi connectivity index (χ3n) is 4.68. The largest absolute Gasteiger partial charge is 0.477 e. The highest BCUT2D eigenvalue weighted by atomic mass is 32.2. The summed E-state index contributed by atoms with van der Waals surface area (Å²) < 4.78 is 5.70. The molecule has 3 aromatic rings. The fourth-order valence-electron chi connectivity index (χ4n) is 3.26. The lowest BCUT2D eigenvalue weighted by Crippen LogP contribution is -2.50. The summed E-state index contributed by atoms with van der Waals surface area (Å²) in [6.45, 7) is 0.0872. The van der Waals surface area contributed by atoms with E-state index in [0.29, 0.717) is 11.4 Å². The van der Waals surface area contributed by atoms with Gasteiger partial charge in [0.1, 0.15) is 11.0 Å². The zero-order valence-electron chi connectivity index (χ0n) is 15.6. The number of hydrogen-bond acceptors (Lipinski definition) is 4. The molecule has 5 nitrogen and oxygen atoms in total. The van der Waals surface area contributed by atoms with Crippen LogP contribution < -0.4 is 15.4 Å². The monoisotopic (exact) mass is 404 g/mol. The van der Waals surface area contributed by atoms with Crippen molar-refractivity contribution in [1.82, 2.24) is 0 Å². The molecule has 0 saturated carbocycles. The van der Waals surface area contributed by atoms with E-state index in [2.05, 4.69) is 0 Å². The zero-order valence-corrected chi connectivity index (χ0v) is 16.4. The molecule has 1 heterocycles. The lowest BCUT2D eigenvalue weighted by atomic mass is 10.1. The molecule has 0 bridgehead atoms. The van der Waals surface area contributed by atoms with Gasteiger partial charge in [-0.1, -0.05) is 60.7 Å². The van der Waals surface area contributed by atoms with Crippen LogP contribution in [-0.2, 0) is 9.59 Å². The van der Waals surface area contributed by atoms with Gasteiger partial charge < -0.3 is 15.4 Å². The second kappa shape index (κ2) is 8.41. The molecule has 0 saturated heterocycles. The second-order valence-corrected chi connectivity index (χ2v) is 7.83. The van der Waals surface area contributed by atoms with Crippen molar-refractivity contribution in [3.63, 3.8) is 0 Å². The van der Waals surface area contributed by atoms with Crippen LogP contribution in [0.3, 0.4) is 0 Å². The summed E-state index contributed by atoms with van der Waals surface area (Å²) in [7, 11) is 0. The summed E-state index contributed by atoms with van der Waals surface area (Å²) in [4.78, 5) is 28.2. The van der Waals surface area contributed by atoms with Crippen molar-refractivity contribution in [2.24, 2.45) is 5.73 Å². The Morgan fingerprint density at radius 1 is 0.931 bits per heavy atom. The third-order valence-corrected chi connectivity index (χ3v) is 5.93. The summed E-state index contributed by atoms with van der Waals surface area (Å²) in [6.07, 6.45) is -0.882. The molecule has 3 aromatic carbocycles.